The SMILES string of the molecule is Fc1ccccc1CN1CCC(OC[C@@H]2CCCCO2)CC1. The summed E-state index contributed by atoms with van der Waals surface area (Å²) in [6.07, 6.45) is 6.27. The van der Waals surface area contributed by atoms with Gasteiger partial charge in [-0.3, -0.25) is 4.90 Å². The molecule has 0 saturated carbocycles. The maximum atomic E-state index is 13.7. The average molecular weight is 307 g/mol. The van der Waals surface area contributed by atoms with Gasteiger partial charge >= 0.3 is 0 Å². The van der Waals surface area contributed by atoms with Crippen LogP contribution in [0.3, 0.4) is 0 Å². The zero-order valence-corrected chi connectivity index (χ0v) is 13.2. The minimum atomic E-state index is -0.102. The van der Waals surface area contributed by atoms with Gasteiger partial charge in [-0.15, -0.1) is 0 Å². The van der Waals surface area contributed by atoms with E-state index in [1.54, 1.807) is 6.07 Å². The van der Waals surface area contributed by atoms with E-state index in [1.807, 2.05) is 12.1 Å². The third-order valence-electron chi connectivity index (χ3n) is 4.68. The highest BCUT2D eigenvalue weighted by Gasteiger charge is 2.22. The molecule has 2 saturated heterocycles. The van der Waals surface area contributed by atoms with Crippen molar-refractivity contribution in [2.24, 2.45) is 0 Å². The van der Waals surface area contributed by atoms with E-state index in [0.717, 1.165) is 51.1 Å². The lowest BCUT2D eigenvalue weighted by molar-refractivity contribution is -0.0753. The lowest BCUT2D eigenvalue weighted by atomic mass is 10.1. The van der Waals surface area contributed by atoms with Crippen LogP contribution in [0, 0.1) is 5.82 Å². The van der Waals surface area contributed by atoms with Crippen LogP contribution in [0.2, 0.25) is 0 Å². The average Bonchev–Trinajstić information content (AvgIpc) is 2.57. The first-order valence-electron chi connectivity index (χ1n) is 8.50. The Morgan fingerprint density at radius 3 is 2.68 bits per heavy atom. The summed E-state index contributed by atoms with van der Waals surface area (Å²) < 4.78 is 25.4. The molecule has 1 atom stereocenters. The van der Waals surface area contributed by atoms with Gasteiger partial charge < -0.3 is 9.47 Å². The zero-order valence-electron chi connectivity index (χ0n) is 13.2. The smallest absolute Gasteiger partial charge is 0.127 e. The molecule has 0 N–H and O–H groups in total. The minimum Gasteiger partial charge on any atom is -0.376 e. The summed E-state index contributed by atoms with van der Waals surface area (Å²) >= 11 is 0. The van der Waals surface area contributed by atoms with Crippen molar-refractivity contribution >= 4 is 0 Å². The molecule has 0 amide bonds. The molecule has 122 valence electrons. The molecule has 0 aliphatic carbocycles. The maximum Gasteiger partial charge on any atom is 0.127 e. The number of rotatable bonds is 5. The lowest BCUT2D eigenvalue weighted by Crippen LogP contribution is -2.38. The third-order valence-corrected chi connectivity index (χ3v) is 4.68. The Bertz CT molecular complexity index is 454. The Kier molecular flexibility index (Phi) is 5.82. The second-order valence-corrected chi connectivity index (χ2v) is 6.39. The highest BCUT2D eigenvalue weighted by molar-refractivity contribution is 5.17. The molecule has 22 heavy (non-hydrogen) atoms. The van der Waals surface area contributed by atoms with E-state index < -0.39 is 0 Å². The quantitative estimate of drug-likeness (QED) is 0.832. The van der Waals surface area contributed by atoms with Crippen LogP contribution in [0.25, 0.3) is 0 Å². The number of likely N-dealkylation sites (tertiary alicyclic amines) is 1. The van der Waals surface area contributed by atoms with Crippen LogP contribution in [0.4, 0.5) is 4.39 Å². The molecule has 0 radical (unpaired) electrons. The first-order chi connectivity index (χ1) is 10.8. The van der Waals surface area contributed by atoms with Crippen LogP contribution >= 0.6 is 0 Å². The fourth-order valence-corrected chi connectivity index (χ4v) is 3.28. The highest BCUT2D eigenvalue weighted by atomic mass is 19.1. The van der Waals surface area contributed by atoms with Crippen LogP contribution in [0.15, 0.2) is 24.3 Å². The number of ether oxygens (including phenoxy) is 2. The van der Waals surface area contributed by atoms with Crippen molar-refractivity contribution in [3.8, 4) is 0 Å². The summed E-state index contributed by atoms with van der Waals surface area (Å²) in [6.45, 7) is 4.27. The first kappa shape index (κ1) is 15.9. The highest BCUT2D eigenvalue weighted by Crippen LogP contribution is 2.19. The van der Waals surface area contributed by atoms with Gasteiger partial charge in [0.05, 0.1) is 18.8 Å². The van der Waals surface area contributed by atoms with Crippen molar-refractivity contribution in [1.82, 2.24) is 4.90 Å². The number of nitrogens with zero attached hydrogens (tertiary/aromatic N) is 1. The molecule has 1 aromatic rings. The first-order valence-corrected chi connectivity index (χ1v) is 8.50. The van der Waals surface area contributed by atoms with Gasteiger partial charge in [0.15, 0.2) is 0 Å². The Morgan fingerprint density at radius 2 is 1.95 bits per heavy atom. The molecular weight excluding hydrogens is 281 g/mol. The molecule has 0 bridgehead atoms. The van der Waals surface area contributed by atoms with Crippen molar-refractivity contribution in [2.45, 2.75) is 50.9 Å². The van der Waals surface area contributed by atoms with E-state index in [1.165, 1.54) is 18.9 Å². The van der Waals surface area contributed by atoms with Gasteiger partial charge in [-0.05, 0) is 38.2 Å². The number of halogens is 1. The van der Waals surface area contributed by atoms with E-state index in [-0.39, 0.29) is 5.82 Å². The van der Waals surface area contributed by atoms with Crippen LogP contribution in [0.1, 0.15) is 37.7 Å². The van der Waals surface area contributed by atoms with Gasteiger partial charge in [-0.1, -0.05) is 18.2 Å². The van der Waals surface area contributed by atoms with Gasteiger partial charge in [-0.2, -0.15) is 0 Å². The fourth-order valence-electron chi connectivity index (χ4n) is 3.28. The minimum absolute atomic E-state index is 0.102. The molecule has 0 spiro atoms. The Hall–Kier alpha value is -0.970. The third kappa shape index (κ3) is 4.51. The van der Waals surface area contributed by atoms with Crippen LogP contribution in [-0.2, 0) is 16.0 Å². The van der Waals surface area contributed by atoms with Gasteiger partial charge in [0.1, 0.15) is 5.82 Å². The van der Waals surface area contributed by atoms with Crippen molar-refractivity contribution < 1.29 is 13.9 Å². The lowest BCUT2D eigenvalue weighted by Gasteiger charge is -2.33. The molecule has 3 rings (SSSR count). The van der Waals surface area contributed by atoms with E-state index in [4.69, 9.17) is 9.47 Å². The topological polar surface area (TPSA) is 21.7 Å². The number of hydrogen-bond acceptors (Lipinski definition) is 3. The summed E-state index contributed by atoms with van der Waals surface area (Å²) in [6, 6.07) is 7.05. The number of hydrogen-bond donors (Lipinski definition) is 0. The molecule has 0 aromatic heterocycles. The maximum absolute atomic E-state index is 13.7. The zero-order chi connectivity index (χ0) is 15.2. The Balaban J connectivity index is 1.38. The molecule has 2 aliphatic heterocycles. The molecule has 2 aliphatic rings. The molecule has 2 fully saturated rings. The normalized spacial score (nSPS) is 24.5. The monoisotopic (exact) mass is 307 g/mol. The Morgan fingerprint density at radius 1 is 1.14 bits per heavy atom. The molecular formula is C18H26FNO2. The fraction of sp³-hybridized carbons (Fsp3) is 0.667. The van der Waals surface area contributed by atoms with Gasteiger partial charge in [-0.25, -0.2) is 4.39 Å². The Labute approximate surface area is 132 Å². The van der Waals surface area contributed by atoms with Gasteiger partial charge in [0.25, 0.3) is 0 Å². The number of piperidine rings is 1. The summed E-state index contributed by atoms with van der Waals surface area (Å²) in [5.41, 5.74) is 0.789. The summed E-state index contributed by atoms with van der Waals surface area (Å²) in [5.74, 6) is -0.102. The standard InChI is InChI=1S/C18H26FNO2/c19-18-7-2-1-5-15(18)13-20-10-8-16(9-11-20)22-14-17-6-3-4-12-21-17/h1-2,5,7,16-17H,3-4,6,8-14H2/t17-/m0/s1. The van der Waals surface area contributed by atoms with Crippen LogP contribution in [-0.4, -0.2) is 43.4 Å². The summed E-state index contributed by atoms with van der Waals surface area (Å²) in [5, 5.41) is 0. The van der Waals surface area contributed by atoms with Crippen molar-refractivity contribution in [2.75, 3.05) is 26.3 Å². The molecule has 4 heteroatoms. The van der Waals surface area contributed by atoms with E-state index in [2.05, 4.69) is 4.90 Å². The molecule has 1 aromatic carbocycles. The molecule has 0 unspecified atom stereocenters. The van der Waals surface area contributed by atoms with Crippen LogP contribution in [0.5, 0.6) is 0 Å². The van der Waals surface area contributed by atoms with Gasteiger partial charge in [0.2, 0.25) is 0 Å². The second-order valence-electron chi connectivity index (χ2n) is 6.39. The molecule has 3 nitrogen and oxygen atoms in total. The second kappa shape index (κ2) is 8.04. The van der Waals surface area contributed by atoms with Crippen molar-refractivity contribution in [3.05, 3.63) is 35.6 Å². The van der Waals surface area contributed by atoms with E-state index in [0.29, 0.717) is 18.8 Å². The summed E-state index contributed by atoms with van der Waals surface area (Å²) in [7, 11) is 0. The van der Waals surface area contributed by atoms with E-state index in [9.17, 15) is 4.39 Å². The van der Waals surface area contributed by atoms with Crippen LogP contribution < -0.4 is 0 Å². The van der Waals surface area contributed by atoms with E-state index >= 15 is 0 Å². The van der Waals surface area contributed by atoms with Crippen molar-refractivity contribution in [1.29, 1.82) is 0 Å². The predicted octanol–water partition coefficient (Wildman–Crippen LogP) is 3.38. The van der Waals surface area contributed by atoms with Crippen molar-refractivity contribution in [3.63, 3.8) is 0 Å². The van der Waals surface area contributed by atoms with Gasteiger partial charge in [0, 0.05) is 31.8 Å². The molecule has 2 heterocycles. The predicted molar refractivity (Wildman–Crippen MR) is 84.2 cm³/mol. The summed E-state index contributed by atoms with van der Waals surface area (Å²) in [4.78, 5) is 2.31. The number of benzene rings is 1. The largest absolute Gasteiger partial charge is 0.376 e.